The average Bonchev–Trinajstić information content (AvgIpc) is 3.11. The Hall–Kier alpha value is -3.25. The van der Waals surface area contributed by atoms with E-state index < -0.39 is 37.4 Å². The molecular weight excluding hydrogens is 445 g/mol. The number of alkyl halides is 3. The third-order valence-corrected chi connectivity index (χ3v) is 5.17. The normalized spacial score (nSPS) is 15.2. The highest BCUT2D eigenvalue weighted by molar-refractivity contribution is 6.03. The summed E-state index contributed by atoms with van der Waals surface area (Å²) in [4.78, 5) is 35.0. The summed E-state index contributed by atoms with van der Waals surface area (Å²) in [5, 5.41) is 20.8. The predicted octanol–water partition coefficient (Wildman–Crippen LogP) is 1.53. The molecule has 0 aromatic carbocycles. The summed E-state index contributed by atoms with van der Waals surface area (Å²) < 4.78 is 41.9. The Balaban J connectivity index is 1.77. The molecule has 0 bridgehead atoms. The molecule has 0 fully saturated rings. The van der Waals surface area contributed by atoms with Crippen molar-refractivity contribution in [1.29, 1.82) is 0 Å². The molecule has 0 aliphatic carbocycles. The number of rotatable bonds is 8. The molecule has 0 saturated carbocycles. The Labute approximate surface area is 187 Å². The van der Waals surface area contributed by atoms with Gasteiger partial charge in [-0.25, -0.2) is 4.98 Å². The van der Waals surface area contributed by atoms with Gasteiger partial charge in [0.2, 0.25) is 5.88 Å². The highest BCUT2D eigenvalue weighted by Gasteiger charge is 2.35. The quantitative estimate of drug-likeness (QED) is 0.537. The average molecular weight is 468 g/mol. The van der Waals surface area contributed by atoms with E-state index in [1.807, 2.05) is 0 Å². The number of carbonyl (C=O) groups excluding carboxylic acids is 2. The molecule has 178 valence electrons. The highest BCUT2D eigenvalue weighted by Crippen LogP contribution is 2.33. The minimum absolute atomic E-state index is 0.0332. The van der Waals surface area contributed by atoms with Gasteiger partial charge in [0.25, 0.3) is 11.8 Å². The molecule has 3 rings (SSSR count). The van der Waals surface area contributed by atoms with Crippen LogP contribution in [0.5, 0.6) is 5.88 Å². The lowest BCUT2D eigenvalue weighted by molar-refractivity contribution is -0.154. The highest BCUT2D eigenvalue weighted by atomic mass is 19.4. The smallest absolute Gasteiger partial charge is 0.422 e. The SMILES string of the molecule is Cc1cc(C(C)N2Cc3c(ccnc3C(=O)NC[C@@H](O)CO)C2=O)cnc1OCC(F)(F)F. The number of aliphatic hydroxyl groups is 2. The summed E-state index contributed by atoms with van der Waals surface area (Å²) in [6.45, 7) is 1.23. The standard InChI is InChI=1S/C21H23F3N4O5/c1-11-5-13(6-27-19(11)33-10-21(22,23)24)12(2)28-8-16-15(20(28)32)3-4-25-17(16)18(31)26-7-14(30)9-29/h3-6,12,14,29-30H,7-10H2,1-2H3,(H,26,31)/t12?,14-/m1/s1. The van der Waals surface area contributed by atoms with E-state index in [-0.39, 0.29) is 30.6 Å². The number of hydrogen-bond acceptors (Lipinski definition) is 7. The minimum Gasteiger partial charge on any atom is -0.468 e. The molecule has 3 N–H and O–H groups in total. The van der Waals surface area contributed by atoms with Crippen LogP contribution < -0.4 is 10.1 Å². The number of hydrogen-bond donors (Lipinski definition) is 3. The first-order chi connectivity index (χ1) is 15.5. The monoisotopic (exact) mass is 468 g/mol. The fourth-order valence-corrected chi connectivity index (χ4v) is 3.41. The van der Waals surface area contributed by atoms with Gasteiger partial charge in [0.05, 0.1) is 18.8 Å². The number of fused-ring (bicyclic) bond motifs is 1. The molecular formula is C21H23F3N4O5. The molecule has 1 aliphatic rings. The van der Waals surface area contributed by atoms with Gasteiger partial charge in [0.1, 0.15) is 5.69 Å². The van der Waals surface area contributed by atoms with Gasteiger partial charge in [-0.3, -0.25) is 14.6 Å². The van der Waals surface area contributed by atoms with Crippen molar-refractivity contribution in [2.24, 2.45) is 0 Å². The lowest BCUT2D eigenvalue weighted by Crippen LogP contribution is -2.35. The molecule has 0 spiro atoms. The van der Waals surface area contributed by atoms with Crippen molar-refractivity contribution < 1.29 is 37.7 Å². The lowest BCUT2D eigenvalue weighted by atomic mass is 10.1. The Kier molecular flexibility index (Phi) is 7.18. The number of aliphatic hydroxyl groups excluding tert-OH is 2. The van der Waals surface area contributed by atoms with Crippen LogP contribution >= 0.6 is 0 Å². The van der Waals surface area contributed by atoms with E-state index in [9.17, 15) is 27.9 Å². The number of ether oxygens (including phenoxy) is 1. The lowest BCUT2D eigenvalue weighted by Gasteiger charge is -2.25. The number of aromatic nitrogens is 2. The van der Waals surface area contributed by atoms with Gasteiger partial charge in [-0.05, 0) is 31.5 Å². The van der Waals surface area contributed by atoms with E-state index in [0.29, 0.717) is 22.3 Å². The number of aryl methyl sites for hydroxylation is 1. The summed E-state index contributed by atoms with van der Waals surface area (Å²) in [5.74, 6) is -1.07. The Morgan fingerprint density at radius 3 is 2.73 bits per heavy atom. The molecule has 2 atom stereocenters. The number of carbonyl (C=O) groups is 2. The van der Waals surface area contributed by atoms with Gasteiger partial charge in [0, 0.05) is 42.2 Å². The van der Waals surface area contributed by atoms with Crippen molar-refractivity contribution in [2.75, 3.05) is 19.8 Å². The van der Waals surface area contributed by atoms with Crippen LogP contribution in [0, 0.1) is 6.92 Å². The number of nitrogens with zero attached hydrogens (tertiary/aromatic N) is 3. The molecule has 3 heterocycles. The summed E-state index contributed by atoms with van der Waals surface area (Å²) in [6.07, 6.45) is -2.92. The molecule has 0 saturated heterocycles. The second-order valence-electron chi connectivity index (χ2n) is 7.64. The van der Waals surface area contributed by atoms with Gasteiger partial charge in [-0.2, -0.15) is 13.2 Å². The van der Waals surface area contributed by atoms with E-state index in [1.165, 1.54) is 23.4 Å². The van der Waals surface area contributed by atoms with Crippen molar-refractivity contribution in [2.45, 2.75) is 38.7 Å². The Bertz CT molecular complexity index is 1050. The molecule has 33 heavy (non-hydrogen) atoms. The zero-order valence-electron chi connectivity index (χ0n) is 17.9. The van der Waals surface area contributed by atoms with E-state index in [4.69, 9.17) is 9.84 Å². The van der Waals surface area contributed by atoms with Crippen LogP contribution in [0.4, 0.5) is 13.2 Å². The summed E-state index contributed by atoms with van der Waals surface area (Å²) in [7, 11) is 0. The molecule has 2 amide bonds. The maximum atomic E-state index is 13.0. The van der Waals surface area contributed by atoms with Crippen LogP contribution in [-0.2, 0) is 6.54 Å². The Morgan fingerprint density at radius 2 is 2.09 bits per heavy atom. The molecule has 9 nitrogen and oxygen atoms in total. The molecule has 0 radical (unpaired) electrons. The second-order valence-corrected chi connectivity index (χ2v) is 7.64. The number of pyridine rings is 2. The maximum Gasteiger partial charge on any atom is 0.422 e. The van der Waals surface area contributed by atoms with Crippen LogP contribution in [-0.4, -0.2) is 68.9 Å². The molecule has 1 aliphatic heterocycles. The maximum absolute atomic E-state index is 13.0. The van der Waals surface area contributed by atoms with Crippen LogP contribution in [0.25, 0.3) is 0 Å². The van der Waals surface area contributed by atoms with Gasteiger partial charge >= 0.3 is 6.18 Å². The fraction of sp³-hybridized carbons (Fsp3) is 0.429. The van der Waals surface area contributed by atoms with Crippen molar-refractivity contribution in [1.82, 2.24) is 20.2 Å². The molecule has 2 aromatic rings. The zero-order chi connectivity index (χ0) is 24.3. The zero-order valence-corrected chi connectivity index (χ0v) is 17.9. The third-order valence-electron chi connectivity index (χ3n) is 5.17. The van der Waals surface area contributed by atoms with Crippen LogP contribution in [0.1, 0.15) is 50.5 Å². The van der Waals surface area contributed by atoms with Gasteiger partial charge in [-0.1, -0.05) is 0 Å². The molecule has 1 unspecified atom stereocenters. The first-order valence-corrected chi connectivity index (χ1v) is 10.0. The third kappa shape index (κ3) is 5.57. The number of amides is 2. The minimum atomic E-state index is -4.48. The summed E-state index contributed by atoms with van der Waals surface area (Å²) >= 11 is 0. The molecule has 12 heteroatoms. The summed E-state index contributed by atoms with van der Waals surface area (Å²) in [5.41, 5.74) is 1.72. The van der Waals surface area contributed by atoms with E-state index in [0.717, 1.165) is 0 Å². The van der Waals surface area contributed by atoms with Gasteiger partial charge in [-0.15, -0.1) is 0 Å². The Morgan fingerprint density at radius 1 is 1.36 bits per heavy atom. The van der Waals surface area contributed by atoms with E-state index >= 15 is 0 Å². The fourth-order valence-electron chi connectivity index (χ4n) is 3.41. The summed E-state index contributed by atoms with van der Waals surface area (Å²) in [6, 6.07) is 2.60. The topological polar surface area (TPSA) is 125 Å². The first kappa shape index (κ1) is 24.4. The number of nitrogens with one attached hydrogen (secondary N) is 1. The number of halogens is 3. The van der Waals surface area contributed by atoms with Gasteiger partial charge in [0.15, 0.2) is 6.61 Å². The largest absolute Gasteiger partial charge is 0.468 e. The van der Waals surface area contributed by atoms with E-state index in [1.54, 1.807) is 19.9 Å². The van der Waals surface area contributed by atoms with Crippen molar-refractivity contribution >= 4 is 11.8 Å². The van der Waals surface area contributed by atoms with Gasteiger partial charge < -0.3 is 25.2 Å². The van der Waals surface area contributed by atoms with Crippen molar-refractivity contribution in [3.63, 3.8) is 0 Å². The molecule has 2 aromatic heterocycles. The van der Waals surface area contributed by atoms with Crippen molar-refractivity contribution in [3.8, 4) is 5.88 Å². The van der Waals surface area contributed by atoms with Crippen LogP contribution in [0.2, 0.25) is 0 Å². The predicted molar refractivity (Wildman–Crippen MR) is 108 cm³/mol. The van der Waals surface area contributed by atoms with Crippen molar-refractivity contribution in [3.05, 3.63) is 52.5 Å². The second kappa shape index (κ2) is 9.71. The first-order valence-electron chi connectivity index (χ1n) is 10.0. The van der Waals surface area contributed by atoms with E-state index in [2.05, 4.69) is 15.3 Å². The van der Waals surface area contributed by atoms with Crippen LogP contribution in [0.15, 0.2) is 24.5 Å². The van der Waals surface area contributed by atoms with Crippen LogP contribution in [0.3, 0.4) is 0 Å².